The molecule has 12 aromatic rings. The van der Waals surface area contributed by atoms with Crippen LogP contribution in [0.15, 0.2) is 212 Å². The fraction of sp³-hybridized carbons (Fsp3) is 0. The Hall–Kier alpha value is -8.15. The monoisotopic (exact) mass is 765 g/mol. The second kappa shape index (κ2) is 13.8. The van der Waals surface area contributed by atoms with E-state index >= 15 is 0 Å². The molecule has 3 aromatic heterocycles. The standard InChI is InChI=1S/C55H35N5/c1-3-14-39(15-4-1)53-56-54(40-16-5-2-6-17-40)58-55(57-53)60-50-22-12-10-20-46(50)48-35-43(29-32-52(48)60)38-25-23-37(24-26-38)42-28-31-51-47(34-42)45-19-9-11-21-49(45)59(51)44-30-27-36-13-7-8-18-41(36)33-44/h1-35H. The van der Waals surface area contributed by atoms with Gasteiger partial charge in [0.2, 0.25) is 5.95 Å². The highest BCUT2D eigenvalue weighted by Gasteiger charge is 2.19. The van der Waals surface area contributed by atoms with Gasteiger partial charge in [-0.2, -0.15) is 9.97 Å². The van der Waals surface area contributed by atoms with Crippen LogP contribution >= 0.6 is 0 Å². The van der Waals surface area contributed by atoms with Crippen LogP contribution in [0.2, 0.25) is 0 Å². The summed E-state index contributed by atoms with van der Waals surface area (Å²) < 4.78 is 4.56. The molecule has 0 aliphatic rings. The van der Waals surface area contributed by atoms with Gasteiger partial charge < -0.3 is 4.57 Å². The Morgan fingerprint density at radius 1 is 0.267 bits per heavy atom. The summed E-state index contributed by atoms with van der Waals surface area (Å²) in [6.45, 7) is 0. The number of nitrogens with zero attached hydrogens (tertiary/aromatic N) is 5. The van der Waals surface area contributed by atoms with Gasteiger partial charge in [0.1, 0.15) is 0 Å². The molecule has 280 valence electrons. The quantitative estimate of drug-likeness (QED) is 0.169. The number of benzene rings is 9. The van der Waals surface area contributed by atoms with Crippen molar-refractivity contribution in [3.63, 3.8) is 0 Å². The molecule has 0 aliphatic heterocycles. The number of fused-ring (bicyclic) bond motifs is 7. The number of aromatic nitrogens is 5. The van der Waals surface area contributed by atoms with Crippen LogP contribution < -0.4 is 0 Å². The number of para-hydroxylation sites is 2. The van der Waals surface area contributed by atoms with E-state index in [-0.39, 0.29) is 0 Å². The second-order valence-corrected chi connectivity index (χ2v) is 15.3. The average molecular weight is 766 g/mol. The normalized spacial score (nSPS) is 11.7. The van der Waals surface area contributed by atoms with Gasteiger partial charge in [0.05, 0.1) is 22.1 Å². The zero-order valence-corrected chi connectivity index (χ0v) is 32.4. The highest BCUT2D eigenvalue weighted by atomic mass is 15.2. The minimum absolute atomic E-state index is 0.586. The highest BCUT2D eigenvalue weighted by Crippen LogP contribution is 2.38. The molecular formula is C55H35N5. The van der Waals surface area contributed by atoms with Crippen LogP contribution in [-0.2, 0) is 0 Å². The van der Waals surface area contributed by atoms with Gasteiger partial charge in [-0.1, -0.05) is 164 Å². The summed E-state index contributed by atoms with van der Waals surface area (Å²) in [5, 5.41) is 7.26. The molecule has 0 atom stereocenters. The van der Waals surface area contributed by atoms with Crippen molar-refractivity contribution in [1.82, 2.24) is 24.1 Å². The van der Waals surface area contributed by atoms with Crippen molar-refractivity contribution in [1.29, 1.82) is 0 Å². The van der Waals surface area contributed by atoms with E-state index in [1.165, 1.54) is 49.4 Å². The van der Waals surface area contributed by atoms with Gasteiger partial charge in [0, 0.05) is 38.4 Å². The van der Waals surface area contributed by atoms with Crippen molar-refractivity contribution in [2.45, 2.75) is 0 Å². The van der Waals surface area contributed by atoms with Crippen molar-refractivity contribution in [3.05, 3.63) is 212 Å². The Kier molecular flexibility index (Phi) is 7.78. The molecular weight excluding hydrogens is 731 g/mol. The third-order valence-electron chi connectivity index (χ3n) is 11.8. The number of hydrogen-bond donors (Lipinski definition) is 0. The van der Waals surface area contributed by atoms with E-state index in [1.54, 1.807) is 0 Å². The maximum atomic E-state index is 5.09. The average Bonchev–Trinajstić information content (AvgIpc) is 3.84. The molecule has 0 saturated heterocycles. The molecule has 9 aromatic carbocycles. The summed E-state index contributed by atoms with van der Waals surface area (Å²) in [7, 11) is 0. The molecule has 12 rings (SSSR count). The van der Waals surface area contributed by atoms with Gasteiger partial charge in [-0.25, -0.2) is 4.98 Å². The fourth-order valence-electron chi connectivity index (χ4n) is 8.87. The van der Waals surface area contributed by atoms with E-state index in [0.29, 0.717) is 17.6 Å². The molecule has 5 nitrogen and oxygen atoms in total. The molecule has 60 heavy (non-hydrogen) atoms. The van der Waals surface area contributed by atoms with Crippen molar-refractivity contribution < 1.29 is 0 Å². The Morgan fingerprint density at radius 2 is 0.717 bits per heavy atom. The van der Waals surface area contributed by atoms with E-state index in [0.717, 1.165) is 44.1 Å². The molecule has 0 radical (unpaired) electrons. The Morgan fingerprint density at radius 3 is 1.30 bits per heavy atom. The smallest absolute Gasteiger partial charge is 0.238 e. The fourth-order valence-corrected chi connectivity index (χ4v) is 8.87. The first-order chi connectivity index (χ1) is 29.7. The lowest BCUT2D eigenvalue weighted by Gasteiger charge is -2.11. The zero-order valence-electron chi connectivity index (χ0n) is 32.4. The van der Waals surface area contributed by atoms with Crippen LogP contribution in [0, 0.1) is 0 Å². The highest BCUT2D eigenvalue weighted by molar-refractivity contribution is 6.11. The summed E-state index contributed by atoms with van der Waals surface area (Å²) >= 11 is 0. The first kappa shape index (κ1) is 33.9. The summed E-state index contributed by atoms with van der Waals surface area (Å²) in [6, 6.07) is 75.3. The lowest BCUT2D eigenvalue weighted by molar-refractivity contribution is 0.953. The van der Waals surface area contributed by atoms with Gasteiger partial charge in [0.25, 0.3) is 0 Å². The van der Waals surface area contributed by atoms with E-state index in [1.807, 2.05) is 60.7 Å². The lowest BCUT2D eigenvalue weighted by Crippen LogP contribution is -2.06. The van der Waals surface area contributed by atoms with Gasteiger partial charge in [-0.05, 0) is 81.6 Å². The third-order valence-corrected chi connectivity index (χ3v) is 11.8. The number of hydrogen-bond acceptors (Lipinski definition) is 3. The minimum Gasteiger partial charge on any atom is -0.309 e. The van der Waals surface area contributed by atoms with Crippen LogP contribution in [0.4, 0.5) is 0 Å². The van der Waals surface area contributed by atoms with Crippen molar-refractivity contribution in [3.8, 4) is 56.7 Å². The molecule has 0 aliphatic carbocycles. The maximum Gasteiger partial charge on any atom is 0.238 e. The Balaban J connectivity index is 0.935. The van der Waals surface area contributed by atoms with Gasteiger partial charge in [0.15, 0.2) is 11.6 Å². The van der Waals surface area contributed by atoms with Gasteiger partial charge >= 0.3 is 0 Å². The molecule has 0 fully saturated rings. The molecule has 0 bridgehead atoms. The molecule has 0 N–H and O–H groups in total. The minimum atomic E-state index is 0.586. The zero-order chi connectivity index (χ0) is 39.6. The van der Waals surface area contributed by atoms with E-state index in [2.05, 4.69) is 161 Å². The van der Waals surface area contributed by atoms with Gasteiger partial charge in [-0.15, -0.1) is 0 Å². The third kappa shape index (κ3) is 5.59. The lowest BCUT2D eigenvalue weighted by atomic mass is 9.98. The predicted molar refractivity (Wildman–Crippen MR) is 248 cm³/mol. The Labute approximate surface area is 346 Å². The summed E-state index contributed by atoms with van der Waals surface area (Å²) in [4.78, 5) is 15.1. The van der Waals surface area contributed by atoms with Crippen LogP contribution in [-0.4, -0.2) is 24.1 Å². The molecule has 0 saturated carbocycles. The molecule has 0 amide bonds. The van der Waals surface area contributed by atoms with Crippen molar-refractivity contribution >= 4 is 54.4 Å². The van der Waals surface area contributed by atoms with E-state index in [9.17, 15) is 0 Å². The molecule has 3 heterocycles. The first-order valence-corrected chi connectivity index (χ1v) is 20.3. The van der Waals surface area contributed by atoms with Crippen LogP contribution in [0.5, 0.6) is 0 Å². The molecule has 5 heteroatoms. The predicted octanol–water partition coefficient (Wildman–Crippen LogP) is 13.9. The SMILES string of the molecule is c1ccc(-c2nc(-c3ccccc3)nc(-n3c4ccccc4c4cc(-c5ccc(-c6ccc7c(c6)c6ccccc6n7-c6ccc7ccccc7c6)cc5)ccc43)n2)cc1. The van der Waals surface area contributed by atoms with Crippen LogP contribution in [0.3, 0.4) is 0 Å². The van der Waals surface area contributed by atoms with Crippen LogP contribution in [0.25, 0.3) is 111 Å². The summed E-state index contributed by atoms with van der Waals surface area (Å²) in [5.41, 5.74) is 12.2. The van der Waals surface area contributed by atoms with Crippen molar-refractivity contribution in [2.24, 2.45) is 0 Å². The maximum absolute atomic E-state index is 5.09. The van der Waals surface area contributed by atoms with Gasteiger partial charge in [-0.3, -0.25) is 4.57 Å². The second-order valence-electron chi connectivity index (χ2n) is 15.3. The molecule has 0 spiro atoms. The summed E-state index contributed by atoms with van der Waals surface area (Å²) in [5.74, 6) is 1.86. The molecule has 0 unspecified atom stereocenters. The van der Waals surface area contributed by atoms with Crippen LogP contribution in [0.1, 0.15) is 0 Å². The van der Waals surface area contributed by atoms with E-state index < -0.39 is 0 Å². The topological polar surface area (TPSA) is 48.5 Å². The Bertz CT molecular complexity index is 3530. The largest absolute Gasteiger partial charge is 0.309 e. The van der Waals surface area contributed by atoms with Crippen molar-refractivity contribution in [2.75, 3.05) is 0 Å². The van der Waals surface area contributed by atoms with E-state index in [4.69, 9.17) is 15.0 Å². The first-order valence-electron chi connectivity index (χ1n) is 20.3. The number of rotatable bonds is 6. The summed E-state index contributed by atoms with van der Waals surface area (Å²) in [6.07, 6.45) is 0.